The van der Waals surface area contributed by atoms with Crippen LogP contribution in [0.15, 0.2) is 43.0 Å². The van der Waals surface area contributed by atoms with Crippen molar-refractivity contribution in [3.63, 3.8) is 0 Å². The van der Waals surface area contributed by atoms with Crippen molar-refractivity contribution in [1.29, 1.82) is 0 Å². The first-order valence-corrected chi connectivity index (χ1v) is 5.81. The Bertz CT molecular complexity index is 474. The molecule has 1 heterocycles. The fourth-order valence-corrected chi connectivity index (χ4v) is 1.67. The predicted molar refractivity (Wildman–Crippen MR) is 68.6 cm³/mol. The SMILES string of the molecule is OB(O)c1ccccc1OCCCn1ccnc1. The van der Waals surface area contributed by atoms with Gasteiger partial charge in [-0.25, -0.2) is 4.98 Å². The van der Waals surface area contributed by atoms with Gasteiger partial charge in [-0.05, 0) is 12.5 Å². The number of benzene rings is 1. The highest BCUT2D eigenvalue weighted by Crippen LogP contribution is 2.07. The standard InChI is InChI=1S/C12H15BN2O3/c16-13(17)11-4-1-2-5-12(11)18-9-3-7-15-8-6-14-10-15/h1-2,4-6,8,10,16-17H,3,7,9H2. The highest BCUT2D eigenvalue weighted by atomic mass is 16.5. The molecule has 0 aliphatic heterocycles. The Morgan fingerprint density at radius 1 is 1.28 bits per heavy atom. The van der Waals surface area contributed by atoms with Crippen LogP contribution in [0.5, 0.6) is 5.75 Å². The average Bonchev–Trinajstić information content (AvgIpc) is 2.88. The van der Waals surface area contributed by atoms with E-state index < -0.39 is 7.12 Å². The topological polar surface area (TPSA) is 67.5 Å². The van der Waals surface area contributed by atoms with E-state index in [2.05, 4.69) is 4.98 Å². The summed E-state index contributed by atoms with van der Waals surface area (Å²) < 4.78 is 7.51. The fraction of sp³-hybridized carbons (Fsp3) is 0.250. The van der Waals surface area contributed by atoms with Crippen molar-refractivity contribution < 1.29 is 14.8 Å². The molecule has 0 bridgehead atoms. The molecule has 0 spiro atoms. The largest absolute Gasteiger partial charge is 0.494 e. The van der Waals surface area contributed by atoms with Gasteiger partial charge in [-0.15, -0.1) is 0 Å². The van der Waals surface area contributed by atoms with Gasteiger partial charge in [0.1, 0.15) is 5.75 Å². The molecular formula is C12H15BN2O3. The molecule has 0 radical (unpaired) electrons. The molecule has 0 aliphatic carbocycles. The molecule has 2 rings (SSSR count). The summed E-state index contributed by atoms with van der Waals surface area (Å²) >= 11 is 0. The van der Waals surface area contributed by atoms with E-state index in [0.29, 0.717) is 17.8 Å². The van der Waals surface area contributed by atoms with Gasteiger partial charge in [0, 0.05) is 24.4 Å². The molecule has 1 aromatic carbocycles. The third-order valence-corrected chi connectivity index (χ3v) is 2.57. The summed E-state index contributed by atoms with van der Waals surface area (Å²) in [5.41, 5.74) is 0.389. The molecule has 0 atom stereocenters. The van der Waals surface area contributed by atoms with Crippen LogP contribution >= 0.6 is 0 Å². The number of aromatic nitrogens is 2. The molecule has 2 aromatic rings. The van der Waals surface area contributed by atoms with Crippen LogP contribution < -0.4 is 10.2 Å². The Labute approximate surface area is 106 Å². The van der Waals surface area contributed by atoms with E-state index in [9.17, 15) is 10.0 Å². The van der Waals surface area contributed by atoms with E-state index in [1.807, 2.05) is 10.8 Å². The molecule has 6 heteroatoms. The maximum atomic E-state index is 9.17. The van der Waals surface area contributed by atoms with Crippen molar-refractivity contribution in [1.82, 2.24) is 9.55 Å². The first-order chi connectivity index (χ1) is 8.77. The normalized spacial score (nSPS) is 10.3. The number of rotatable bonds is 6. The maximum Gasteiger partial charge on any atom is 0.492 e. The number of hydrogen-bond donors (Lipinski definition) is 2. The van der Waals surface area contributed by atoms with E-state index in [-0.39, 0.29) is 0 Å². The number of para-hydroxylation sites is 1. The molecular weight excluding hydrogens is 231 g/mol. The summed E-state index contributed by atoms with van der Waals surface area (Å²) in [6.45, 7) is 1.34. The van der Waals surface area contributed by atoms with Gasteiger partial charge in [-0.2, -0.15) is 0 Å². The zero-order chi connectivity index (χ0) is 12.8. The quantitative estimate of drug-likeness (QED) is 0.557. The third-order valence-electron chi connectivity index (χ3n) is 2.57. The van der Waals surface area contributed by atoms with Gasteiger partial charge in [0.25, 0.3) is 0 Å². The maximum absolute atomic E-state index is 9.17. The van der Waals surface area contributed by atoms with E-state index in [1.54, 1.807) is 36.8 Å². The minimum Gasteiger partial charge on any atom is -0.494 e. The van der Waals surface area contributed by atoms with Gasteiger partial charge in [0.2, 0.25) is 0 Å². The molecule has 2 N–H and O–H groups in total. The van der Waals surface area contributed by atoms with E-state index in [4.69, 9.17) is 4.74 Å². The van der Waals surface area contributed by atoms with E-state index in [0.717, 1.165) is 13.0 Å². The second-order valence-electron chi connectivity index (χ2n) is 3.91. The van der Waals surface area contributed by atoms with Crippen LogP contribution in [0.3, 0.4) is 0 Å². The molecule has 0 fully saturated rings. The monoisotopic (exact) mass is 246 g/mol. The van der Waals surface area contributed by atoms with Gasteiger partial charge in [0.15, 0.2) is 0 Å². The fourth-order valence-electron chi connectivity index (χ4n) is 1.67. The summed E-state index contributed by atoms with van der Waals surface area (Å²) in [5, 5.41) is 18.3. The molecule has 5 nitrogen and oxygen atoms in total. The molecule has 18 heavy (non-hydrogen) atoms. The molecule has 0 unspecified atom stereocenters. The van der Waals surface area contributed by atoms with Gasteiger partial charge in [0.05, 0.1) is 12.9 Å². The summed E-state index contributed by atoms with van der Waals surface area (Å²) in [6, 6.07) is 6.91. The molecule has 94 valence electrons. The Hall–Kier alpha value is -1.79. The van der Waals surface area contributed by atoms with Crippen LogP contribution in [0.25, 0.3) is 0 Å². The minimum absolute atomic E-state index is 0.389. The van der Waals surface area contributed by atoms with E-state index in [1.165, 1.54) is 0 Å². The third kappa shape index (κ3) is 3.35. The van der Waals surface area contributed by atoms with Gasteiger partial charge < -0.3 is 19.4 Å². The smallest absolute Gasteiger partial charge is 0.492 e. The van der Waals surface area contributed by atoms with Crippen molar-refractivity contribution in [3.05, 3.63) is 43.0 Å². The second kappa shape index (κ2) is 6.23. The molecule has 0 amide bonds. The van der Waals surface area contributed by atoms with Gasteiger partial charge in [-0.3, -0.25) is 0 Å². The second-order valence-corrected chi connectivity index (χ2v) is 3.91. The summed E-state index contributed by atoms with van der Waals surface area (Å²) in [7, 11) is -1.50. The number of ether oxygens (including phenoxy) is 1. The lowest BCUT2D eigenvalue weighted by Crippen LogP contribution is -2.31. The Morgan fingerprint density at radius 2 is 2.11 bits per heavy atom. The highest BCUT2D eigenvalue weighted by Gasteiger charge is 2.15. The molecule has 1 aromatic heterocycles. The minimum atomic E-state index is -1.50. The Morgan fingerprint density at radius 3 is 2.83 bits per heavy atom. The number of nitrogens with zero attached hydrogens (tertiary/aromatic N) is 2. The molecule has 0 saturated carbocycles. The number of aryl methyl sites for hydroxylation is 1. The van der Waals surface area contributed by atoms with Crippen molar-refractivity contribution in [2.75, 3.05) is 6.61 Å². The Kier molecular flexibility index (Phi) is 4.38. The first kappa shape index (κ1) is 12.7. The molecule has 0 aliphatic rings. The number of imidazole rings is 1. The Balaban J connectivity index is 1.83. The predicted octanol–water partition coefficient (Wildman–Crippen LogP) is 0.0320. The average molecular weight is 246 g/mol. The van der Waals surface area contributed by atoms with Crippen LogP contribution in [0.4, 0.5) is 0 Å². The summed E-state index contributed by atoms with van der Waals surface area (Å²) in [5.74, 6) is 0.512. The lowest BCUT2D eigenvalue weighted by Gasteiger charge is -2.10. The lowest BCUT2D eigenvalue weighted by atomic mass is 9.79. The zero-order valence-corrected chi connectivity index (χ0v) is 9.94. The van der Waals surface area contributed by atoms with Crippen molar-refractivity contribution >= 4 is 12.6 Å². The first-order valence-electron chi connectivity index (χ1n) is 5.81. The highest BCUT2D eigenvalue weighted by molar-refractivity contribution is 6.59. The summed E-state index contributed by atoms with van der Waals surface area (Å²) in [6.07, 6.45) is 6.21. The number of hydrogen-bond acceptors (Lipinski definition) is 4. The van der Waals surface area contributed by atoms with Crippen molar-refractivity contribution in [2.24, 2.45) is 0 Å². The summed E-state index contributed by atoms with van der Waals surface area (Å²) in [4.78, 5) is 3.95. The molecule has 0 saturated heterocycles. The van der Waals surface area contributed by atoms with Gasteiger partial charge in [-0.1, -0.05) is 18.2 Å². The lowest BCUT2D eigenvalue weighted by molar-refractivity contribution is 0.302. The van der Waals surface area contributed by atoms with Crippen LogP contribution in [0.2, 0.25) is 0 Å². The van der Waals surface area contributed by atoms with Crippen LogP contribution in [0.1, 0.15) is 6.42 Å². The van der Waals surface area contributed by atoms with Crippen LogP contribution in [-0.4, -0.2) is 33.3 Å². The van der Waals surface area contributed by atoms with Gasteiger partial charge >= 0.3 is 7.12 Å². The zero-order valence-electron chi connectivity index (χ0n) is 9.94. The van der Waals surface area contributed by atoms with Crippen molar-refractivity contribution in [3.8, 4) is 5.75 Å². The van der Waals surface area contributed by atoms with Crippen LogP contribution in [-0.2, 0) is 6.54 Å². The van der Waals surface area contributed by atoms with Crippen LogP contribution in [0, 0.1) is 0 Å². The van der Waals surface area contributed by atoms with Crippen molar-refractivity contribution in [2.45, 2.75) is 13.0 Å². The van der Waals surface area contributed by atoms with E-state index >= 15 is 0 Å².